The second-order valence-electron chi connectivity index (χ2n) is 5.85. The zero-order chi connectivity index (χ0) is 16.6. The predicted octanol–water partition coefficient (Wildman–Crippen LogP) is 4.70. The molecule has 0 radical (unpaired) electrons. The van der Waals surface area contributed by atoms with Gasteiger partial charge in [0.15, 0.2) is 0 Å². The number of hydrogen-bond acceptors (Lipinski definition) is 2. The van der Waals surface area contributed by atoms with Crippen molar-refractivity contribution in [2.45, 2.75) is 24.8 Å². The molecule has 0 saturated carbocycles. The van der Waals surface area contributed by atoms with E-state index in [1.165, 1.54) is 5.56 Å². The van der Waals surface area contributed by atoms with Gasteiger partial charge in [0.2, 0.25) is 5.91 Å². The van der Waals surface area contributed by atoms with Gasteiger partial charge >= 0.3 is 0 Å². The molecule has 3 N–H and O–H groups in total. The monoisotopic (exact) mass is 384 g/mol. The van der Waals surface area contributed by atoms with Crippen LogP contribution in [0.1, 0.15) is 51.8 Å². The van der Waals surface area contributed by atoms with Crippen molar-refractivity contribution in [1.82, 2.24) is 5.32 Å². The van der Waals surface area contributed by atoms with Gasteiger partial charge in [0, 0.05) is 17.5 Å². The number of primary amides is 1. The fourth-order valence-corrected chi connectivity index (χ4v) is 3.67. The first-order valence-electron chi connectivity index (χ1n) is 7.57. The molecule has 128 valence electrons. The van der Waals surface area contributed by atoms with Crippen LogP contribution in [0.4, 0.5) is 0 Å². The average molecular weight is 386 g/mol. The molecule has 0 aromatic heterocycles. The van der Waals surface area contributed by atoms with E-state index in [0.717, 1.165) is 24.0 Å². The summed E-state index contributed by atoms with van der Waals surface area (Å²) in [5.41, 5.74) is 9.43. The third kappa shape index (κ3) is 3.55. The smallest absolute Gasteiger partial charge is 0.248 e. The van der Waals surface area contributed by atoms with Crippen LogP contribution in [0.15, 0.2) is 36.4 Å². The van der Waals surface area contributed by atoms with Gasteiger partial charge in [0.1, 0.15) is 0 Å². The Morgan fingerprint density at radius 2 is 1.83 bits per heavy atom. The Balaban J connectivity index is 0.00000208. The van der Waals surface area contributed by atoms with Crippen molar-refractivity contribution < 1.29 is 4.79 Å². The van der Waals surface area contributed by atoms with Gasteiger partial charge in [0.25, 0.3) is 0 Å². The second kappa shape index (κ2) is 7.75. The molecule has 24 heavy (non-hydrogen) atoms. The molecule has 2 unspecified atom stereocenters. The van der Waals surface area contributed by atoms with E-state index in [1.807, 2.05) is 37.4 Å². The lowest BCUT2D eigenvalue weighted by molar-refractivity contribution is 0.1000. The van der Waals surface area contributed by atoms with Crippen LogP contribution >= 0.6 is 35.6 Å². The minimum Gasteiger partial charge on any atom is -0.366 e. The normalized spacial score (nSPS) is 19.3. The maximum atomic E-state index is 11.5. The molecular weight excluding hydrogens is 367 g/mol. The highest BCUT2D eigenvalue weighted by molar-refractivity contribution is 6.42. The number of halogens is 3. The van der Waals surface area contributed by atoms with Gasteiger partial charge in [0.05, 0.1) is 10.0 Å². The van der Waals surface area contributed by atoms with Gasteiger partial charge in [-0.1, -0.05) is 35.3 Å². The standard InChI is InChI=1S/C18H18Cl2N2O.ClH/c1-22-17-7-5-12(10-3-6-15(19)16(20)9-10)14-8-11(18(21)23)2-4-13(14)17;/h2-4,6,8-9,12,17,22H,5,7H2,1H3,(H2,21,23);1H. The summed E-state index contributed by atoms with van der Waals surface area (Å²) >= 11 is 12.2. The maximum Gasteiger partial charge on any atom is 0.248 e. The number of rotatable bonds is 3. The van der Waals surface area contributed by atoms with Gasteiger partial charge < -0.3 is 11.1 Å². The molecule has 0 saturated heterocycles. The summed E-state index contributed by atoms with van der Waals surface area (Å²) in [4.78, 5) is 11.5. The number of amides is 1. The minimum absolute atomic E-state index is 0. The highest BCUT2D eigenvalue weighted by Crippen LogP contribution is 2.42. The first-order valence-corrected chi connectivity index (χ1v) is 8.32. The summed E-state index contributed by atoms with van der Waals surface area (Å²) in [6.07, 6.45) is 1.99. The van der Waals surface area contributed by atoms with E-state index in [0.29, 0.717) is 15.6 Å². The molecule has 2 aromatic carbocycles. The summed E-state index contributed by atoms with van der Waals surface area (Å²) in [5.74, 6) is -0.226. The van der Waals surface area contributed by atoms with Crippen molar-refractivity contribution in [2.75, 3.05) is 7.05 Å². The molecule has 0 aliphatic heterocycles. The lowest BCUT2D eigenvalue weighted by Gasteiger charge is -2.32. The van der Waals surface area contributed by atoms with E-state index in [1.54, 1.807) is 6.07 Å². The van der Waals surface area contributed by atoms with E-state index < -0.39 is 5.91 Å². The lowest BCUT2D eigenvalue weighted by Crippen LogP contribution is -2.25. The van der Waals surface area contributed by atoms with Crippen molar-refractivity contribution in [1.29, 1.82) is 0 Å². The number of nitrogens with one attached hydrogen (secondary N) is 1. The van der Waals surface area contributed by atoms with Crippen LogP contribution in [0, 0.1) is 0 Å². The van der Waals surface area contributed by atoms with Crippen LogP contribution in [-0.2, 0) is 0 Å². The van der Waals surface area contributed by atoms with Crippen molar-refractivity contribution in [3.8, 4) is 0 Å². The fraction of sp³-hybridized carbons (Fsp3) is 0.278. The topological polar surface area (TPSA) is 55.1 Å². The molecule has 1 amide bonds. The molecule has 0 spiro atoms. The Labute approximate surface area is 157 Å². The van der Waals surface area contributed by atoms with Gasteiger partial charge in [-0.2, -0.15) is 0 Å². The third-order valence-corrected chi connectivity index (χ3v) is 5.30. The summed E-state index contributed by atoms with van der Waals surface area (Å²) in [7, 11) is 1.95. The number of carbonyl (C=O) groups is 1. The van der Waals surface area contributed by atoms with Crippen LogP contribution in [0.3, 0.4) is 0 Å². The first-order chi connectivity index (χ1) is 11.0. The second-order valence-corrected chi connectivity index (χ2v) is 6.67. The SMILES string of the molecule is CNC1CCC(c2ccc(Cl)c(Cl)c2)c2cc(C(N)=O)ccc21.Cl. The number of fused-ring (bicyclic) bond motifs is 1. The van der Waals surface area contributed by atoms with Crippen LogP contribution in [-0.4, -0.2) is 13.0 Å². The summed E-state index contributed by atoms with van der Waals surface area (Å²) in [5, 5.41) is 4.43. The Hall–Kier alpha value is -1.26. The quantitative estimate of drug-likeness (QED) is 0.804. The van der Waals surface area contributed by atoms with Gasteiger partial charge in [-0.3, -0.25) is 4.79 Å². The Morgan fingerprint density at radius 3 is 2.46 bits per heavy atom. The molecule has 2 atom stereocenters. The van der Waals surface area contributed by atoms with E-state index >= 15 is 0 Å². The molecule has 0 heterocycles. The van der Waals surface area contributed by atoms with E-state index in [4.69, 9.17) is 28.9 Å². The van der Waals surface area contributed by atoms with Gasteiger partial charge in [-0.25, -0.2) is 0 Å². The number of hydrogen-bond donors (Lipinski definition) is 2. The van der Waals surface area contributed by atoms with Gasteiger partial charge in [-0.05, 0) is 60.8 Å². The lowest BCUT2D eigenvalue weighted by atomic mass is 9.76. The highest BCUT2D eigenvalue weighted by atomic mass is 35.5. The molecule has 1 aliphatic rings. The molecule has 1 aliphatic carbocycles. The molecule has 3 rings (SSSR count). The Kier molecular flexibility index (Phi) is 6.16. The summed E-state index contributed by atoms with van der Waals surface area (Å²) in [6.45, 7) is 0. The molecule has 0 fully saturated rings. The van der Waals surface area contributed by atoms with E-state index in [2.05, 4.69) is 5.32 Å². The number of carbonyl (C=O) groups excluding carboxylic acids is 1. The van der Waals surface area contributed by atoms with Crippen LogP contribution in [0.25, 0.3) is 0 Å². The maximum absolute atomic E-state index is 11.5. The highest BCUT2D eigenvalue weighted by Gasteiger charge is 2.28. The van der Waals surface area contributed by atoms with Crippen molar-refractivity contribution in [2.24, 2.45) is 5.73 Å². The molecule has 2 aromatic rings. The third-order valence-electron chi connectivity index (χ3n) is 4.56. The zero-order valence-corrected chi connectivity index (χ0v) is 15.5. The molecule has 3 nitrogen and oxygen atoms in total. The fourth-order valence-electron chi connectivity index (χ4n) is 3.37. The van der Waals surface area contributed by atoms with Crippen LogP contribution < -0.4 is 11.1 Å². The molecule has 6 heteroatoms. The average Bonchev–Trinajstić information content (AvgIpc) is 2.55. The van der Waals surface area contributed by atoms with Crippen LogP contribution in [0.5, 0.6) is 0 Å². The predicted molar refractivity (Wildman–Crippen MR) is 102 cm³/mol. The van der Waals surface area contributed by atoms with E-state index in [-0.39, 0.29) is 24.4 Å². The summed E-state index contributed by atoms with van der Waals surface area (Å²) < 4.78 is 0. The van der Waals surface area contributed by atoms with Crippen LogP contribution in [0.2, 0.25) is 10.0 Å². The minimum atomic E-state index is -0.410. The largest absolute Gasteiger partial charge is 0.366 e. The van der Waals surface area contributed by atoms with Crippen molar-refractivity contribution in [3.63, 3.8) is 0 Å². The van der Waals surface area contributed by atoms with Crippen molar-refractivity contribution in [3.05, 3.63) is 68.7 Å². The Bertz CT molecular complexity index is 764. The zero-order valence-electron chi connectivity index (χ0n) is 13.2. The Morgan fingerprint density at radius 1 is 1.08 bits per heavy atom. The summed E-state index contributed by atoms with van der Waals surface area (Å²) in [6, 6.07) is 11.7. The first kappa shape index (κ1) is 19.1. The van der Waals surface area contributed by atoms with Gasteiger partial charge in [-0.15, -0.1) is 12.4 Å². The molecule has 0 bridgehead atoms. The number of nitrogens with two attached hydrogens (primary N) is 1. The van der Waals surface area contributed by atoms with E-state index in [9.17, 15) is 4.79 Å². The van der Waals surface area contributed by atoms with Crippen molar-refractivity contribution >= 4 is 41.5 Å². The number of benzene rings is 2. The molecular formula is C18H19Cl3N2O.